The second-order valence-corrected chi connectivity index (χ2v) is 7.70. The Morgan fingerprint density at radius 1 is 1.22 bits per heavy atom. The van der Waals surface area contributed by atoms with Crippen LogP contribution in [0.15, 0.2) is 18.2 Å². The maximum Gasteiger partial charge on any atom is 0.401 e. The van der Waals surface area contributed by atoms with E-state index in [0.717, 1.165) is 49.7 Å². The van der Waals surface area contributed by atoms with E-state index in [9.17, 15) is 23.1 Å². The van der Waals surface area contributed by atoms with Crippen molar-refractivity contribution in [1.29, 1.82) is 0 Å². The van der Waals surface area contributed by atoms with E-state index >= 15 is 0 Å². The Morgan fingerprint density at radius 2 is 1.96 bits per heavy atom. The van der Waals surface area contributed by atoms with Gasteiger partial charge in [-0.1, -0.05) is 12.1 Å². The maximum atomic E-state index is 12.6. The van der Waals surface area contributed by atoms with Crippen molar-refractivity contribution in [3.8, 4) is 5.75 Å². The van der Waals surface area contributed by atoms with Gasteiger partial charge in [-0.3, -0.25) is 9.69 Å². The Morgan fingerprint density at radius 3 is 2.67 bits per heavy atom. The first-order valence-corrected chi connectivity index (χ1v) is 9.71. The number of carbonyl (C=O) groups is 1. The second-order valence-electron chi connectivity index (χ2n) is 7.70. The van der Waals surface area contributed by atoms with E-state index in [4.69, 9.17) is 0 Å². The number of carbonyl (C=O) groups excluding carboxylic acids is 1. The highest BCUT2D eigenvalue weighted by Gasteiger charge is 2.32. The van der Waals surface area contributed by atoms with Crippen molar-refractivity contribution >= 4 is 5.91 Å². The van der Waals surface area contributed by atoms with E-state index in [0.29, 0.717) is 25.6 Å². The number of aromatic hydroxyl groups is 1. The van der Waals surface area contributed by atoms with Crippen molar-refractivity contribution in [2.24, 2.45) is 5.92 Å². The molecule has 1 unspecified atom stereocenters. The van der Waals surface area contributed by atoms with Crippen LogP contribution in [0.3, 0.4) is 0 Å². The molecule has 1 aromatic rings. The zero-order chi connectivity index (χ0) is 19.4. The molecule has 150 valence electrons. The fourth-order valence-corrected chi connectivity index (χ4v) is 4.31. The van der Waals surface area contributed by atoms with Gasteiger partial charge in [0.15, 0.2) is 0 Å². The normalized spacial score (nSPS) is 21.7. The highest BCUT2D eigenvalue weighted by molar-refractivity contribution is 5.84. The van der Waals surface area contributed by atoms with Gasteiger partial charge in [0.1, 0.15) is 5.75 Å². The van der Waals surface area contributed by atoms with Gasteiger partial charge in [0, 0.05) is 6.54 Å². The van der Waals surface area contributed by atoms with E-state index in [-0.39, 0.29) is 17.6 Å². The summed E-state index contributed by atoms with van der Waals surface area (Å²) in [7, 11) is 0. The Balaban J connectivity index is 1.43. The number of likely N-dealkylation sites (tertiary alicyclic amines) is 1. The summed E-state index contributed by atoms with van der Waals surface area (Å²) in [5, 5.41) is 13.0. The molecule has 1 saturated heterocycles. The second kappa shape index (κ2) is 8.50. The first-order valence-electron chi connectivity index (χ1n) is 9.71. The summed E-state index contributed by atoms with van der Waals surface area (Å²) in [5.41, 5.74) is 1.79. The monoisotopic (exact) mass is 384 g/mol. The molecule has 27 heavy (non-hydrogen) atoms. The first kappa shape index (κ1) is 20.0. The number of alkyl halides is 3. The lowest BCUT2D eigenvalue weighted by Crippen LogP contribution is -2.40. The molecule has 3 rings (SSSR count). The highest BCUT2D eigenvalue weighted by Crippen LogP contribution is 2.36. The minimum Gasteiger partial charge on any atom is -0.508 e. The van der Waals surface area contributed by atoms with Crippen LogP contribution in [0, 0.1) is 5.92 Å². The van der Waals surface area contributed by atoms with Gasteiger partial charge in [-0.2, -0.15) is 13.2 Å². The van der Waals surface area contributed by atoms with E-state index in [1.165, 1.54) is 4.90 Å². The SMILES string of the molecule is O=C(NCCC1CCN(CC(F)(F)F)CC1)C1CCCc2c(O)cccc21. The largest absolute Gasteiger partial charge is 0.508 e. The summed E-state index contributed by atoms with van der Waals surface area (Å²) in [4.78, 5) is 14.1. The first-order chi connectivity index (χ1) is 12.8. The summed E-state index contributed by atoms with van der Waals surface area (Å²) < 4.78 is 37.3. The molecule has 2 aliphatic rings. The van der Waals surface area contributed by atoms with E-state index < -0.39 is 12.7 Å². The molecule has 1 amide bonds. The van der Waals surface area contributed by atoms with Crippen LogP contribution in [0.4, 0.5) is 13.2 Å². The fraction of sp³-hybridized carbons (Fsp3) is 0.650. The molecule has 0 bridgehead atoms. The van der Waals surface area contributed by atoms with Crippen molar-refractivity contribution in [2.45, 2.75) is 50.6 Å². The predicted molar refractivity (Wildman–Crippen MR) is 96.6 cm³/mol. The molecule has 4 nitrogen and oxygen atoms in total. The number of amides is 1. The Hall–Kier alpha value is -1.76. The molecule has 1 fully saturated rings. The van der Waals surface area contributed by atoms with Gasteiger partial charge in [-0.05, 0) is 74.7 Å². The van der Waals surface area contributed by atoms with E-state index in [1.807, 2.05) is 6.07 Å². The molecule has 2 N–H and O–H groups in total. The van der Waals surface area contributed by atoms with Crippen LogP contribution in [0.25, 0.3) is 0 Å². The number of rotatable bonds is 5. The molecule has 1 heterocycles. The summed E-state index contributed by atoms with van der Waals surface area (Å²) in [6, 6.07) is 5.34. The molecule has 0 spiro atoms. The van der Waals surface area contributed by atoms with E-state index in [1.54, 1.807) is 12.1 Å². The van der Waals surface area contributed by atoms with Crippen LogP contribution in [0.1, 0.15) is 49.1 Å². The molecule has 1 aliphatic heterocycles. The lowest BCUT2D eigenvalue weighted by Gasteiger charge is -2.32. The van der Waals surface area contributed by atoms with Crippen LogP contribution in [0.2, 0.25) is 0 Å². The highest BCUT2D eigenvalue weighted by atomic mass is 19.4. The number of benzene rings is 1. The van der Waals surface area contributed by atoms with Gasteiger partial charge in [-0.15, -0.1) is 0 Å². The molecule has 7 heteroatoms. The third-order valence-electron chi connectivity index (χ3n) is 5.76. The van der Waals surface area contributed by atoms with Crippen molar-refractivity contribution in [3.05, 3.63) is 29.3 Å². The van der Waals surface area contributed by atoms with Gasteiger partial charge in [0.25, 0.3) is 0 Å². The van der Waals surface area contributed by atoms with Gasteiger partial charge < -0.3 is 10.4 Å². The number of fused-ring (bicyclic) bond motifs is 1. The quantitative estimate of drug-likeness (QED) is 0.816. The Kier molecular flexibility index (Phi) is 6.29. The summed E-state index contributed by atoms with van der Waals surface area (Å²) in [6.45, 7) is 0.651. The lowest BCUT2D eigenvalue weighted by atomic mass is 9.82. The number of hydrogen-bond acceptors (Lipinski definition) is 3. The van der Waals surface area contributed by atoms with Gasteiger partial charge in [0.2, 0.25) is 5.91 Å². The van der Waals surface area contributed by atoms with Gasteiger partial charge >= 0.3 is 6.18 Å². The van der Waals surface area contributed by atoms with Crippen molar-refractivity contribution < 1.29 is 23.1 Å². The molecular formula is C20H27F3N2O2. The average molecular weight is 384 g/mol. The van der Waals surface area contributed by atoms with Crippen molar-refractivity contribution in [1.82, 2.24) is 10.2 Å². The number of phenolic OH excluding ortho intramolecular Hbond substituents is 1. The molecule has 0 aromatic heterocycles. The van der Waals surface area contributed by atoms with Crippen LogP contribution in [0.5, 0.6) is 5.75 Å². The zero-order valence-corrected chi connectivity index (χ0v) is 15.4. The summed E-state index contributed by atoms with van der Waals surface area (Å²) in [6.07, 6.45) is 0.593. The zero-order valence-electron chi connectivity index (χ0n) is 15.4. The number of piperidine rings is 1. The molecule has 1 aliphatic carbocycles. The van der Waals surface area contributed by atoms with Gasteiger partial charge in [0.05, 0.1) is 12.5 Å². The fourth-order valence-electron chi connectivity index (χ4n) is 4.31. The predicted octanol–water partition coefficient (Wildman–Crippen LogP) is 3.59. The number of nitrogens with zero attached hydrogens (tertiary/aromatic N) is 1. The molecule has 0 saturated carbocycles. The Bertz CT molecular complexity index is 655. The van der Waals surface area contributed by atoms with Crippen LogP contribution < -0.4 is 5.32 Å². The minimum atomic E-state index is -4.13. The van der Waals surface area contributed by atoms with Crippen LogP contribution in [-0.4, -0.2) is 48.3 Å². The molecule has 1 atom stereocenters. The summed E-state index contributed by atoms with van der Waals surface area (Å²) in [5.74, 6) is 0.374. The van der Waals surface area contributed by atoms with E-state index in [2.05, 4.69) is 5.32 Å². The lowest BCUT2D eigenvalue weighted by molar-refractivity contribution is -0.148. The van der Waals surface area contributed by atoms with Crippen molar-refractivity contribution in [3.63, 3.8) is 0 Å². The minimum absolute atomic E-state index is 0.0175. The van der Waals surface area contributed by atoms with Crippen molar-refractivity contribution in [2.75, 3.05) is 26.2 Å². The van der Waals surface area contributed by atoms with Crippen LogP contribution >= 0.6 is 0 Å². The number of nitrogens with one attached hydrogen (secondary N) is 1. The Labute approximate surface area is 157 Å². The third kappa shape index (κ3) is 5.37. The molecule has 1 aromatic carbocycles. The molecule has 0 radical (unpaired) electrons. The summed E-state index contributed by atoms with van der Waals surface area (Å²) >= 11 is 0. The topological polar surface area (TPSA) is 52.6 Å². The van der Waals surface area contributed by atoms with Crippen LogP contribution in [-0.2, 0) is 11.2 Å². The average Bonchev–Trinajstić information content (AvgIpc) is 2.62. The number of phenols is 1. The van der Waals surface area contributed by atoms with Gasteiger partial charge in [-0.25, -0.2) is 0 Å². The number of halogens is 3. The maximum absolute atomic E-state index is 12.6. The third-order valence-corrected chi connectivity index (χ3v) is 5.76. The standard InChI is InChI=1S/C20H27F3N2O2/c21-20(22,23)13-25-11-8-14(9-12-25)7-10-24-19(27)17-5-1-4-16-15(17)3-2-6-18(16)26/h2-3,6,14,17,26H,1,4-5,7-13H2,(H,24,27). The smallest absolute Gasteiger partial charge is 0.401 e. The molecular weight excluding hydrogens is 357 g/mol. The number of hydrogen-bond donors (Lipinski definition) is 2.